The molecule has 0 unspecified atom stereocenters. The van der Waals surface area contributed by atoms with E-state index in [0.717, 1.165) is 6.08 Å². The normalized spacial score (nSPS) is 11.2. The standard InChI is InChI=1S/C10H11NO4/c1-15-9-4-2-8(3-5-9)10(6-7-12)11(13)14/h2-6,12H,7H2,1H3. The summed E-state index contributed by atoms with van der Waals surface area (Å²) in [7, 11) is 1.52. The van der Waals surface area contributed by atoms with E-state index in [2.05, 4.69) is 0 Å². The van der Waals surface area contributed by atoms with E-state index >= 15 is 0 Å². The van der Waals surface area contributed by atoms with Gasteiger partial charge in [-0.05, 0) is 24.3 Å². The first-order valence-corrected chi connectivity index (χ1v) is 4.29. The van der Waals surface area contributed by atoms with Gasteiger partial charge in [-0.1, -0.05) is 0 Å². The molecule has 0 spiro atoms. The molecule has 1 aromatic rings. The lowest BCUT2D eigenvalue weighted by molar-refractivity contribution is -0.375. The molecule has 0 saturated heterocycles. The monoisotopic (exact) mass is 209 g/mol. The van der Waals surface area contributed by atoms with E-state index < -0.39 is 4.92 Å². The van der Waals surface area contributed by atoms with Crippen LogP contribution in [0.4, 0.5) is 0 Å². The van der Waals surface area contributed by atoms with E-state index in [0.29, 0.717) is 11.3 Å². The number of nitrogens with zero attached hydrogens (tertiary/aromatic N) is 1. The lowest BCUT2D eigenvalue weighted by atomic mass is 10.1. The summed E-state index contributed by atoms with van der Waals surface area (Å²) in [4.78, 5) is 10.1. The van der Waals surface area contributed by atoms with Gasteiger partial charge in [0.2, 0.25) is 0 Å². The zero-order chi connectivity index (χ0) is 11.3. The molecule has 1 rings (SSSR count). The van der Waals surface area contributed by atoms with Gasteiger partial charge in [0.05, 0.1) is 24.2 Å². The first-order chi connectivity index (χ1) is 7.19. The topological polar surface area (TPSA) is 72.6 Å². The third kappa shape index (κ3) is 2.78. The van der Waals surface area contributed by atoms with E-state index in [1.807, 2.05) is 0 Å². The van der Waals surface area contributed by atoms with Crippen molar-refractivity contribution in [3.05, 3.63) is 46.0 Å². The summed E-state index contributed by atoms with van der Waals surface area (Å²) in [5.41, 5.74) is 0.329. The van der Waals surface area contributed by atoms with Crippen molar-refractivity contribution in [1.82, 2.24) is 0 Å². The molecule has 0 heterocycles. The van der Waals surface area contributed by atoms with Crippen LogP contribution in [0.3, 0.4) is 0 Å². The van der Waals surface area contributed by atoms with Gasteiger partial charge < -0.3 is 9.84 Å². The fraction of sp³-hybridized carbons (Fsp3) is 0.200. The predicted molar refractivity (Wildman–Crippen MR) is 55.1 cm³/mol. The Hall–Kier alpha value is -1.88. The molecule has 1 N–H and O–H groups in total. The number of benzene rings is 1. The van der Waals surface area contributed by atoms with Crippen LogP contribution in [0.25, 0.3) is 5.70 Å². The van der Waals surface area contributed by atoms with Crippen LogP contribution >= 0.6 is 0 Å². The summed E-state index contributed by atoms with van der Waals surface area (Å²) in [6, 6.07) is 6.40. The maximum Gasteiger partial charge on any atom is 0.274 e. The Morgan fingerprint density at radius 1 is 1.53 bits per heavy atom. The number of rotatable bonds is 4. The molecule has 0 bridgehead atoms. The average molecular weight is 209 g/mol. The Kier molecular flexibility index (Phi) is 3.82. The van der Waals surface area contributed by atoms with Crippen LogP contribution in [0.2, 0.25) is 0 Å². The second kappa shape index (κ2) is 5.11. The van der Waals surface area contributed by atoms with Crippen molar-refractivity contribution in [2.24, 2.45) is 0 Å². The van der Waals surface area contributed by atoms with E-state index in [-0.39, 0.29) is 12.3 Å². The molecular formula is C10H11NO4. The van der Waals surface area contributed by atoms with Gasteiger partial charge in [0, 0.05) is 6.08 Å². The van der Waals surface area contributed by atoms with Crippen molar-refractivity contribution < 1.29 is 14.8 Å². The maximum absolute atomic E-state index is 10.6. The number of ether oxygens (including phenoxy) is 1. The zero-order valence-corrected chi connectivity index (χ0v) is 8.21. The summed E-state index contributed by atoms with van der Waals surface area (Å²) in [6.45, 7) is -0.359. The summed E-state index contributed by atoms with van der Waals surface area (Å²) in [6.07, 6.45) is 1.15. The third-order valence-corrected chi connectivity index (χ3v) is 1.87. The summed E-state index contributed by atoms with van der Waals surface area (Å²) in [5, 5.41) is 19.3. The summed E-state index contributed by atoms with van der Waals surface area (Å²) < 4.78 is 4.93. The van der Waals surface area contributed by atoms with Crippen LogP contribution in [0.15, 0.2) is 30.3 Å². The number of aliphatic hydroxyl groups is 1. The molecule has 15 heavy (non-hydrogen) atoms. The maximum atomic E-state index is 10.6. The van der Waals surface area contributed by atoms with Gasteiger partial charge in [-0.15, -0.1) is 0 Å². The highest BCUT2D eigenvalue weighted by Gasteiger charge is 2.12. The molecule has 0 radical (unpaired) electrons. The van der Waals surface area contributed by atoms with Gasteiger partial charge in [0.15, 0.2) is 0 Å². The SMILES string of the molecule is COc1ccc(C(=CCO)[N+](=O)[O-])cc1. The predicted octanol–water partition coefficient (Wildman–Crippen LogP) is 1.31. The average Bonchev–Trinajstić information content (AvgIpc) is 2.26. The lowest BCUT2D eigenvalue weighted by Crippen LogP contribution is -1.99. The minimum atomic E-state index is -0.530. The van der Waals surface area contributed by atoms with Gasteiger partial charge in [-0.2, -0.15) is 0 Å². The van der Waals surface area contributed by atoms with E-state index in [4.69, 9.17) is 9.84 Å². The van der Waals surface area contributed by atoms with Gasteiger partial charge in [-0.25, -0.2) is 0 Å². The molecule has 80 valence electrons. The Bertz CT molecular complexity index is 370. The van der Waals surface area contributed by atoms with Crippen molar-refractivity contribution >= 4 is 5.70 Å². The largest absolute Gasteiger partial charge is 0.497 e. The molecule has 0 aliphatic rings. The molecule has 0 aliphatic carbocycles. The second-order valence-electron chi connectivity index (χ2n) is 2.76. The van der Waals surface area contributed by atoms with Crippen LogP contribution < -0.4 is 4.74 Å². The smallest absolute Gasteiger partial charge is 0.274 e. The fourth-order valence-electron chi connectivity index (χ4n) is 1.15. The fourth-order valence-corrected chi connectivity index (χ4v) is 1.15. The number of hydrogen-bond acceptors (Lipinski definition) is 4. The second-order valence-corrected chi connectivity index (χ2v) is 2.76. The molecule has 0 aliphatic heterocycles. The Balaban J connectivity index is 3.02. The lowest BCUT2D eigenvalue weighted by Gasteiger charge is -2.01. The van der Waals surface area contributed by atoms with Crippen LogP contribution in [0.5, 0.6) is 5.75 Å². The Morgan fingerprint density at radius 2 is 2.13 bits per heavy atom. The van der Waals surface area contributed by atoms with Gasteiger partial charge in [0.1, 0.15) is 5.75 Å². The third-order valence-electron chi connectivity index (χ3n) is 1.87. The minimum absolute atomic E-state index is 0.111. The van der Waals surface area contributed by atoms with Crippen molar-refractivity contribution in [2.75, 3.05) is 13.7 Å². The number of nitro groups is 1. The van der Waals surface area contributed by atoms with Gasteiger partial charge in [-0.3, -0.25) is 10.1 Å². The molecular weight excluding hydrogens is 198 g/mol. The van der Waals surface area contributed by atoms with Crippen molar-refractivity contribution in [3.8, 4) is 5.75 Å². The highest BCUT2D eigenvalue weighted by atomic mass is 16.6. The highest BCUT2D eigenvalue weighted by molar-refractivity contribution is 5.59. The van der Waals surface area contributed by atoms with Crippen LogP contribution in [-0.4, -0.2) is 23.7 Å². The highest BCUT2D eigenvalue weighted by Crippen LogP contribution is 2.18. The molecule has 1 aromatic carbocycles. The van der Waals surface area contributed by atoms with Crippen molar-refractivity contribution in [2.45, 2.75) is 0 Å². The first-order valence-electron chi connectivity index (χ1n) is 4.29. The van der Waals surface area contributed by atoms with Gasteiger partial charge in [0.25, 0.3) is 5.70 Å². The molecule has 0 fully saturated rings. The molecule has 0 saturated carbocycles. The molecule has 5 nitrogen and oxygen atoms in total. The molecule has 5 heteroatoms. The molecule has 0 amide bonds. The Morgan fingerprint density at radius 3 is 2.53 bits per heavy atom. The summed E-state index contributed by atoms with van der Waals surface area (Å²) in [5.74, 6) is 0.630. The summed E-state index contributed by atoms with van der Waals surface area (Å²) >= 11 is 0. The van der Waals surface area contributed by atoms with E-state index in [1.165, 1.54) is 7.11 Å². The Labute approximate surface area is 86.8 Å². The van der Waals surface area contributed by atoms with E-state index in [1.54, 1.807) is 24.3 Å². The van der Waals surface area contributed by atoms with Gasteiger partial charge >= 0.3 is 0 Å². The zero-order valence-electron chi connectivity index (χ0n) is 8.21. The molecule has 0 atom stereocenters. The molecule has 0 aromatic heterocycles. The van der Waals surface area contributed by atoms with Crippen molar-refractivity contribution in [1.29, 1.82) is 0 Å². The first kappa shape index (κ1) is 11.2. The van der Waals surface area contributed by atoms with Crippen molar-refractivity contribution in [3.63, 3.8) is 0 Å². The number of hydrogen-bond donors (Lipinski definition) is 1. The van der Waals surface area contributed by atoms with Crippen LogP contribution in [0, 0.1) is 10.1 Å². The number of aliphatic hydroxyl groups excluding tert-OH is 1. The van der Waals surface area contributed by atoms with E-state index in [9.17, 15) is 10.1 Å². The minimum Gasteiger partial charge on any atom is -0.497 e. The quantitative estimate of drug-likeness (QED) is 0.599. The van der Waals surface area contributed by atoms with Crippen LogP contribution in [0.1, 0.15) is 5.56 Å². The van der Waals surface area contributed by atoms with Crippen LogP contribution in [-0.2, 0) is 0 Å². The number of methoxy groups -OCH3 is 1.